The fraction of sp³-hybridized carbons (Fsp3) is 0.650. The van der Waals surface area contributed by atoms with E-state index in [9.17, 15) is 0 Å². The molecule has 0 radical (unpaired) electrons. The van der Waals surface area contributed by atoms with E-state index in [0.29, 0.717) is 13.2 Å². The van der Waals surface area contributed by atoms with E-state index in [4.69, 9.17) is 14.2 Å². The highest BCUT2D eigenvalue weighted by atomic mass is 16.5. The van der Waals surface area contributed by atoms with E-state index in [0.717, 1.165) is 55.4 Å². The molecule has 144 valence electrons. The van der Waals surface area contributed by atoms with Crippen LogP contribution in [0.4, 0.5) is 0 Å². The van der Waals surface area contributed by atoms with Crippen molar-refractivity contribution in [3.63, 3.8) is 0 Å². The van der Waals surface area contributed by atoms with Gasteiger partial charge in [-0.2, -0.15) is 0 Å². The molecule has 2 aliphatic rings. The highest BCUT2D eigenvalue weighted by Crippen LogP contribution is 2.35. The Morgan fingerprint density at radius 3 is 2.92 bits per heavy atom. The predicted molar refractivity (Wildman–Crippen MR) is 103 cm³/mol. The lowest BCUT2D eigenvalue weighted by atomic mass is 10.0. The van der Waals surface area contributed by atoms with Crippen LogP contribution in [0.25, 0.3) is 0 Å². The number of aliphatic imine (C=N–C) groups is 1. The fourth-order valence-electron chi connectivity index (χ4n) is 3.56. The van der Waals surface area contributed by atoms with Crippen LogP contribution in [0.15, 0.2) is 17.1 Å². The maximum atomic E-state index is 5.90. The summed E-state index contributed by atoms with van der Waals surface area (Å²) in [6.07, 6.45) is 3.36. The van der Waals surface area contributed by atoms with Crippen molar-refractivity contribution in [3.05, 3.63) is 23.3 Å². The molecule has 0 spiro atoms. The molecule has 0 saturated carbocycles. The third kappa shape index (κ3) is 4.41. The van der Waals surface area contributed by atoms with Crippen LogP contribution in [0, 0.1) is 0 Å². The minimum atomic E-state index is -0.106. The lowest BCUT2D eigenvalue weighted by Crippen LogP contribution is -2.45. The zero-order valence-corrected chi connectivity index (χ0v) is 16.4. The van der Waals surface area contributed by atoms with Gasteiger partial charge in [0.15, 0.2) is 5.96 Å². The molecule has 6 nitrogen and oxygen atoms in total. The summed E-state index contributed by atoms with van der Waals surface area (Å²) in [5, 5.41) is 6.75. The molecule has 1 fully saturated rings. The first-order valence-corrected chi connectivity index (χ1v) is 9.56. The van der Waals surface area contributed by atoms with Gasteiger partial charge in [-0.25, -0.2) is 0 Å². The Balaban J connectivity index is 1.63. The second-order valence-corrected chi connectivity index (χ2v) is 7.31. The molecule has 26 heavy (non-hydrogen) atoms. The van der Waals surface area contributed by atoms with Gasteiger partial charge in [-0.15, -0.1) is 0 Å². The zero-order valence-electron chi connectivity index (χ0n) is 16.4. The molecule has 2 heterocycles. The summed E-state index contributed by atoms with van der Waals surface area (Å²) >= 11 is 0. The number of ether oxygens (including phenoxy) is 3. The SMILES string of the molecule is CCOc1cc2c(cc1CNC(=NC)NCC1(C)CCCO1)OC(C)C2. The molecule has 1 saturated heterocycles. The third-order valence-corrected chi connectivity index (χ3v) is 4.98. The molecule has 2 N–H and O–H groups in total. The molecule has 6 heteroatoms. The molecule has 2 unspecified atom stereocenters. The van der Waals surface area contributed by atoms with Gasteiger partial charge in [0, 0.05) is 44.3 Å². The van der Waals surface area contributed by atoms with Crippen LogP contribution in [-0.4, -0.2) is 44.5 Å². The molecule has 3 rings (SSSR count). The number of fused-ring (bicyclic) bond motifs is 1. The van der Waals surface area contributed by atoms with E-state index >= 15 is 0 Å². The molecule has 0 bridgehead atoms. The van der Waals surface area contributed by atoms with E-state index in [1.165, 1.54) is 5.56 Å². The standard InChI is InChI=1S/C20H31N3O3/c1-5-24-17-10-15-9-14(2)26-18(15)11-16(17)12-22-19(21-4)23-13-20(3)7-6-8-25-20/h10-11,14H,5-9,12-13H2,1-4H3,(H2,21,22,23). The Bertz CT molecular complexity index is 654. The summed E-state index contributed by atoms with van der Waals surface area (Å²) in [5.41, 5.74) is 2.19. The first kappa shape index (κ1) is 18.8. The van der Waals surface area contributed by atoms with Gasteiger partial charge in [0.1, 0.15) is 17.6 Å². The van der Waals surface area contributed by atoms with E-state index in [2.05, 4.69) is 41.6 Å². The quantitative estimate of drug-likeness (QED) is 0.602. The van der Waals surface area contributed by atoms with Crippen LogP contribution < -0.4 is 20.1 Å². The molecular formula is C20H31N3O3. The average Bonchev–Trinajstić information content (AvgIpc) is 3.20. The van der Waals surface area contributed by atoms with Crippen molar-refractivity contribution in [2.75, 3.05) is 26.8 Å². The van der Waals surface area contributed by atoms with Crippen LogP contribution in [0.2, 0.25) is 0 Å². The Kier molecular flexibility index (Phi) is 5.91. The molecule has 2 atom stereocenters. The molecule has 2 aliphatic heterocycles. The number of hydrogen-bond donors (Lipinski definition) is 2. The zero-order chi connectivity index (χ0) is 18.6. The minimum absolute atomic E-state index is 0.106. The van der Waals surface area contributed by atoms with Crippen molar-refractivity contribution in [2.45, 2.75) is 58.3 Å². The second kappa shape index (κ2) is 8.16. The van der Waals surface area contributed by atoms with Crippen LogP contribution in [0.1, 0.15) is 44.7 Å². The van der Waals surface area contributed by atoms with Gasteiger partial charge >= 0.3 is 0 Å². The second-order valence-electron chi connectivity index (χ2n) is 7.31. The van der Waals surface area contributed by atoms with Crippen molar-refractivity contribution in [2.24, 2.45) is 4.99 Å². The Morgan fingerprint density at radius 2 is 2.23 bits per heavy atom. The van der Waals surface area contributed by atoms with Crippen molar-refractivity contribution in [1.29, 1.82) is 0 Å². The molecular weight excluding hydrogens is 330 g/mol. The Hall–Kier alpha value is -1.95. The lowest BCUT2D eigenvalue weighted by molar-refractivity contribution is 0.0243. The minimum Gasteiger partial charge on any atom is -0.494 e. The number of benzene rings is 1. The number of hydrogen-bond acceptors (Lipinski definition) is 4. The normalized spacial score (nSPS) is 24.9. The van der Waals surface area contributed by atoms with E-state index in [1.54, 1.807) is 7.05 Å². The fourth-order valence-corrected chi connectivity index (χ4v) is 3.56. The summed E-state index contributed by atoms with van der Waals surface area (Å²) in [7, 11) is 1.78. The van der Waals surface area contributed by atoms with Gasteiger partial charge in [-0.05, 0) is 45.7 Å². The Labute approximate surface area is 156 Å². The Morgan fingerprint density at radius 1 is 1.38 bits per heavy atom. The molecule has 0 aromatic heterocycles. The predicted octanol–water partition coefficient (Wildman–Crippen LogP) is 2.64. The van der Waals surface area contributed by atoms with Crippen LogP contribution >= 0.6 is 0 Å². The van der Waals surface area contributed by atoms with E-state index in [-0.39, 0.29) is 11.7 Å². The van der Waals surface area contributed by atoms with Crippen LogP contribution in [-0.2, 0) is 17.7 Å². The van der Waals surface area contributed by atoms with Crippen LogP contribution in [0.3, 0.4) is 0 Å². The summed E-state index contributed by atoms with van der Waals surface area (Å²) in [6.45, 7) is 9.10. The number of nitrogens with zero attached hydrogens (tertiary/aromatic N) is 1. The van der Waals surface area contributed by atoms with E-state index < -0.39 is 0 Å². The van der Waals surface area contributed by atoms with Crippen molar-refractivity contribution >= 4 is 5.96 Å². The largest absolute Gasteiger partial charge is 0.494 e. The van der Waals surface area contributed by atoms with Gasteiger partial charge in [-0.3, -0.25) is 4.99 Å². The van der Waals surface area contributed by atoms with Crippen molar-refractivity contribution < 1.29 is 14.2 Å². The average molecular weight is 361 g/mol. The highest BCUT2D eigenvalue weighted by molar-refractivity contribution is 5.79. The summed E-state index contributed by atoms with van der Waals surface area (Å²) in [5.74, 6) is 2.64. The number of rotatable bonds is 6. The van der Waals surface area contributed by atoms with Crippen LogP contribution in [0.5, 0.6) is 11.5 Å². The number of guanidine groups is 1. The lowest BCUT2D eigenvalue weighted by Gasteiger charge is -2.24. The summed E-state index contributed by atoms with van der Waals surface area (Å²) in [4.78, 5) is 4.32. The maximum Gasteiger partial charge on any atom is 0.191 e. The van der Waals surface area contributed by atoms with Crippen molar-refractivity contribution in [1.82, 2.24) is 10.6 Å². The summed E-state index contributed by atoms with van der Waals surface area (Å²) < 4.78 is 17.6. The molecule has 1 aromatic rings. The van der Waals surface area contributed by atoms with E-state index in [1.807, 2.05) is 6.92 Å². The van der Waals surface area contributed by atoms with Gasteiger partial charge < -0.3 is 24.8 Å². The number of nitrogens with one attached hydrogen (secondary N) is 2. The topological polar surface area (TPSA) is 64.1 Å². The molecule has 0 aliphatic carbocycles. The molecule has 0 amide bonds. The molecule has 1 aromatic carbocycles. The summed E-state index contributed by atoms with van der Waals surface area (Å²) in [6, 6.07) is 4.20. The first-order valence-electron chi connectivity index (χ1n) is 9.56. The van der Waals surface area contributed by atoms with Gasteiger partial charge in [0.05, 0.1) is 12.2 Å². The smallest absolute Gasteiger partial charge is 0.191 e. The van der Waals surface area contributed by atoms with Gasteiger partial charge in [0.25, 0.3) is 0 Å². The van der Waals surface area contributed by atoms with Gasteiger partial charge in [0.2, 0.25) is 0 Å². The highest BCUT2D eigenvalue weighted by Gasteiger charge is 2.29. The first-order chi connectivity index (χ1) is 12.5. The monoisotopic (exact) mass is 361 g/mol. The van der Waals surface area contributed by atoms with Crippen molar-refractivity contribution in [3.8, 4) is 11.5 Å². The third-order valence-electron chi connectivity index (χ3n) is 4.98. The van der Waals surface area contributed by atoms with Gasteiger partial charge in [-0.1, -0.05) is 0 Å². The maximum absolute atomic E-state index is 5.90.